The number of carbonyl (C=O) groups excluding carboxylic acids is 1. The third-order valence-electron chi connectivity index (χ3n) is 3.36. The lowest BCUT2D eigenvalue weighted by molar-refractivity contribution is -0.274. The number of rotatable bonds is 5. The van der Waals surface area contributed by atoms with Crippen LogP contribution in [0.4, 0.5) is 18.0 Å². The van der Waals surface area contributed by atoms with Gasteiger partial charge < -0.3 is 15.4 Å². The summed E-state index contributed by atoms with van der Waals surface area (Å²) in [7, 11) is 0. The summed E-state index contributed by atoms with van der Waals surface area (Å²) >= 11 is 3.41. The lowest BCUT2D eigenvalue weighted by Crippen LogP contribution is -2.36. The summed E-state index contributed by atoms with van der Waals surface area (Å²) in [5.74, 6) is -0.339. The van der Waals surface area contributed by atoms with Crippen molar-refractivity contribution in [3.05, 3.63) is 64.1 Å². The van der Waals surface area contributed by atoms with E-state index in [0.29, 0.717) is 0 Å². The standard InChI is InChI=1S/C17H16BrF3N2O2/c1-11(13-7-3-4-8-14(13)18)23-16(24)22-10-12-6-2-5-9-15(12)25-17(19,20)21/h2-9,11H,10H2,1H3,(H2,22,23,24). The predicted molar refractivity (Wildman–Crippen MR) is 91.1 cm³/mol. The SMILES string of the molecule is CC(NC(=O)NCc1ccccc1OC(F)(F)F)c1ccccc1Br. The van der Waals surface area contributed by atoms with E-state index in [0.717, 1.165) is 10.0 Å². The predicted octanol–water partition coefficient (Wildman–Crippen LogP) is 4.91. The largest absolute Gasteiger partial charge is 0.573 e. The molecule has 0 spiro atoms. The van der Waals surface area contributed by atoms with E-state index >= 15 is 0 Å². The van der Waals surface area contributed by atoms with Crippen LogP contribution in [-0.4, -0.2) is 12.4 Å². The van der Waals surface area contributed by atoms with E-state index in [-0.39, 0.29) is 23.9 Å². The highest BCUT2D eigenvalue weighted by Crippen LogP contribution is 2.26. The highest BCUT2D eigenvalue weighted by molar-refractivity contribution is 9.10. The molecule has 0 bridgehead atoms. The number of carbonyl (C=O) groups is 1. The number of alkyl halides is 3. The third-order valence-corrected chi connectivity index (χ3v) is 4.08. The van der Waals surface area contributed by atoms with Crippen LogP contribution < -0.4 is 15.4 Å². The molecule has 2 aromatic rings. The number of amides is 2. The first-order chi connectivity index (χ1) is 11.8. The summed E-state index contributed by atoms with van der Waals surface area (Å²) < 4.78 is 42.0. The van der Waals surface area contributed by atoms with Crippen LogP contribution in [0.1, 0.15) is 24.1 Å². The molecule has 0 saturated carbocycles. The summed E-state index contributed by atoms with van der Waals surface area (Å²) in [5, 5.41) is 5.26. The zero-order valence-electron chi connectivity index (χ0n) is 13.2. The fraction of sp³-hybridized carbons (Fsp3) is 0.235. The Labute approximate surface area is 151 Å². The van der Waals surface area contributed by atoms with Crippen molar-refractivity contribution in [1.82, 2.24) is 10.6 Å². The lowest BCUT2D eigenvalue weighted by Gasteiger charge is -2.17. The number of benzene rings is 2. The van der Waals surface area contributed by atoms with E-state index < -0.39 is 12.4 Å². The summed E-state index contributed by atoms with van der Waals surface area (Å²) in [6.07, 6.45) is -4.79. The van der Waals surface area contributed by atoms with Crippen molar-refractivity contribution in [3.8, 4) is 5.75 Å². The van der Waals surface area contributed by atoms with Gasteiger partial charge in [0.1, 0.15) is 5.75 Å². The van der Waals surface area contributed by atoms with Gasteiger partial charge in [-0.15, -0.1) is 13.2 Å². The van der Waals surface area contributed by atoms with E-state index in [9.17, 15) is 18.0 Å². The molecule has 25 heavy (non-hydrogen) atoms. The molecule has 4 nitrogen and oxygen atoms in total. The second kappa shape index (κ2) is 8.24. The van der Waals surface area contributed by atoms with Gasteiger partial charge in [0, 0.05) is 16.6 Å². The number of hydrogen-bond acceptors (Lipinski definition) is 2. The van der Waals surface area contributed by atoms with Crippen molar-refractivity contribution >= 4 is 22.0 Å². The van der Waals surface area contributed by atoms with Gasteiger partial charge in [-0.1, -0.05) is 52.3 Å². The average molecular weight is 417 g/mol. The fourth-order valence-corrected chi connectivity index (χ4v) is 2.83. The van der Waals surface area contributed by atoms with Crippen molar-refractivity contribution in [1.29, 1.82) is 0 Å². The molecule has 0 aliphatic heterocycles. The molecular formula is C17H16BrF3N2O2. The number of ether oxygens (including phenoxy) is 1. The molecule has 1 atom stereocenters. The van der Waals surface area contributed by atoms with Gasteiger partial charge in [-0.05, 0) is 24.6 Å². The molecular weight excluding hydrogens is 401 g/mol. The van der Waals surface area contributed by atoms with Gasteiger partial charge in [0.15, 0.2) is 0 Å². The van der Waals surface area contributed by atoms with Gasteiger partial charge in [-0.3, -0.25) is 0 Å². The van der Waals surface area contributed by atoms with Gasteiger partial charge in [0.25, 0.3) is 0 Å². The van der Waals surface area contributed by atoms with Crippen LogP contribution in [0.25, 0.3) is 0 Å². The Morgan fingerprint density at radius 1 is 1.16 bits per heavy atom. The van der Waals surface area contributed by atoms with Crippen LogP contribution in [0.15, 0.2) is 53.0 Å². The van der Waals surface area contributed by atoms with Gasteiger partial charge in [0.2, 0.25) is 0 Å². The minimum absolute atomic E-state index is 0.0965. The molecule has 0 aromatic heterocycles. The first-order valence-corrected chi connectivity index (χ1v) is 8.18. The van der Waals surface area contributed by atoms with Crippen molar-refractivity contribution in [2.75, 3.05) is 0 Å². The fourth-order valence-electron chi connectivity index (χ4n) is 2.20. The van der Waals surface area contributed by atoms with Gasteiger partial charge in [0.05, 0.1) is 6.04 Å². The molecule has 0 fully saturated rings. The molecule has 0 radical (unpaired) electrons. The molecule has 134 valence electrons. The minimum atomic E-state index is -4.79. The second-order valence-electron chi connectivity index (χ2n) is 5.23. The highest BCUT2D eigenvalue weighted by Gasteiger charge is 2.32. The summed E-state index contributed by atoms with van der Waals surface area (Å²) in [4.78, 5) is 12.0. The number of halogens is 4. The Balaban J connectivity index is 1.95. The smallest absolute Gasteiger partial charge is 0.405 e. The topological polar surface area (TPSA) is 50.4 Å². The van der Waals surface area contributed by atoms with Crippen LogP contribution in [0.3, 0.4) is 0 Å². The van der Waals surface area contributed by atoms with Crippen LogP contribution in [0, 0.1) is 0 Å². The molecule has 8 heteroatoms. The van der Waals surface area contributed by atoms with Crippen LogP contribution in [0.2, 0.25) is 0 Å². The molecule has 1 unspecified atom stereocenters. The third kappa shape index (κ3) is 5.97. The van der Waals surface area contributed by atoms with Crippen molar-refractivity contribution in [2.24, 2.45) is 0 Å². The molecule has 2 aromatic carbocycles. The Kier molecular flexibility index (Phi) is 6.30. The number of hydrogen-bond donors (Lipinski definition) is 2. The number of nitrogens with one attached hydrogen (secondary N) is 2. The summed E-state index contributed by atoms with van der Waals surface area (Å²) in [5.41, 5.74) is 1.11. The van der Waals surface area contributed by atoms with Crippen molar-refractivity contribution in [3.63, 3.8) is 0 Å². The van der Waals surface area contributed by atoms with E-state index in [2.05, 4.69) is 31.3 Å². The molecule has 0 heterocycles. The van der Waals surface area contributed by atoms with Crippen molar-refractivity contribution in [2.45, 2.75) is 25.9 Å². The molecule has 0 aliphatic carbocycles. The highest BCUT2D eigenvalue weighted by atomic mass is 79.9. The quantitative estimate of drug-likeness (QED) is 0.727. The van der Waals surface area contributed by atoms with Crippen LogP contribution >= 0.6 is 15.9 Å². The second-order valence-corrected chi connectivity index (χ2v) is 6.08. The molecule has 2 rings (SSSR count). The minimum Gasteiger partial charge on any atom is -0.405 e. The maximum absolute atomic E-state index is 12.4. The first kappa shape index (κ1) is 19.1. The Bertz CT molecular complexity index is 738. The van der Waals surface area contributed by atoms with Crippen LogP contribution in [-0.2, 0) is 6.54 Å². The van der Waals surface area contributed by atoms with Gasteiger partial charge in [-0.2, -0.15) is 0 Å². The maximum Gasteiger partial charge on any atom is 0.573 e. The lowest BCUT2D eigenvalue weighted by atomic mass is 10.1. The number of urea groups is 1. The zero-order valence-corrected chi connectivity index (χ0v) is 14.8. The van der Waals surface area contributed by atoms with E-state index in [1.165, 1.54) is 18.2 Å². The van der Waals surface area contributed by atoms with E-state index in [1.54, 1.807) is 13.0 Å². The van der Waals surface area contributed by atoms with Gasteiger partial charge >= 0.3 is 12.4 Å². The normalized spacial score (nSPS) is 12.4. The maximum atomic E-state index is 12.4. The summed E-state index contributed by atoms with van der Waals surface area (Å²) in [6.45, 7) is 1.71. The number of para-hydroxylation sites is 1. The average Bonchev–Trinajstić information content (AvgIpc) is 2.53. The molecule has 2 amide bonds. The molecule has 0 aliphatic rings. The Morgan fingerprint density at radius 3 is 2.48 bits per heavy atom. The van der Waals surface area contributed by atoms with Crippen molar-refractivity contribution < 1.29 is 22.7 Å². The first-order valence-electron chi connectivity index (χ1n) is 7.38. The van der Waals surface area contributed by atoms with Gasteiger partial charge in [-0.25, -0.2) is 4.79 Å². The monoisotopic (exact) mass is 416 g/mol. The molecule has 0 saturated heterocycles. The Morgan fingerprint density at radius 2 is 1.80 bits per heavy atom. The zero-order chi connectivity index (χ0) is 18.4. The van der Waals surface area contributed by atoms with E-state index in [4.69, 9.17) is 0 Å². The summed E-state index contributed by atoms with van der Waals surface area (Å²) in [6, 6.07) is 12.3. The Hall–Kier alpha value is -2.22. The van der Waals surface area contributed by atoms with E-state index in [1.807, 2.05) is 24.3 Å². The molecule has 2 N–H and O–H groups in total. The van der Waals surface area contributed by atoms with Crippen LogP contribution in [0.5, 0.6) is 5.75 Å².